The molecule has 0 radical (unpaired) electrons. The number of benzene rings is 2. The summed E-state index contributed by atoms with van der Waals surface area (Å²) in [5.41, 5.74) is 1.12. The zero-order valence-electron chi connectivity index (χ0n) is 25.7. The van der Waals surface area contributed by atoms with E-state index >= 15 is 0 Å². The molecule has 3 aliphatic rings. The summed E-state index contributed by atoms with van der Waals surface area (Å²) in [5.74, 6) is -3.32. The molecule has 1 aliphatic carbocycles. The minimum Gasteiger partial charge on any atom is -0.487 e. The van der Waals surface area contributed by atoms with E-state index in [0.717, 1.165) is 11.6 Å². The van der Waals surface area contributed by atoms with Gasteiger partial charge in [0.2, 0.25) is 5.91 Å². The molecule has 2 aliphatic heterocycles. The summed E-state index contributed by atoms with van der Waals surface area (Å²) in [7, 11) is 0. The van der Waals surface area contributed by atoms with Crippen molar-refractivity contribution in [2.45, 2.75) is 77.4 Å². The van der Waals surface area contributed by atoms with Gasteiger partial charge >= 0.3 is 12.1 Å². The lowest BCUT2D eigenvalue weighted by molar-refractivity contribution is -0.154. The molecule has 46 heavy (non-hydrogen) atoms. The second kappa shape index (κ2) is 12.4. The Kier molecular flexibility index (Phi) is 8.51. The summed E-state index contributed by atoms with van der Waals surface area (Å²) in [6.45, 7) is 3.88. The molecule has 3 aromatic rings. The van der Waals surface area contributed by atoms with Crippen molar-refractivity contribution in [2.75, 3.05) is 13.1 Å². The normalized spacial score (nSPS) is 21.3. The molecule has 0 spiro atoms. The highest BCUT2D eigenvalue weighted by molar-refractivity contribution is 5.98. The number of amides is 2. The third-order valence-electron chi connectivity index (χ3n) is 9.37. The number of aromatic nitrogens is 3. The number of aliphatic carboxylic acids is 1. The second-order valence-corrected chi connectivity index (χ2v) is 12.5. The van der Waals surface area contributed by atoms with Crippen molar-refractivity contribution < 1.29 is 37.4 Å². The number of carboxylic acid groups (broad SMARTS) is 1. The van der Waals surface area contributed by atoms with Crippen LogP contribution in [0.2, 0.25) is 0 Å². The van der Waals surface area contributed by atoms with Crippen molar-refractivity contribution >= 4 is 17.8 Å². The largest absolute Gasteiger partial charge is 0.487 e. The van der Waals surface area contributed by atoms with Crippen LogP contribution < -0.4 is 4.74 Å². The van der Waals surface area contributed by atoms with Crippen molar-refractivity contribution in [3.05, 3.63) is 76.1 Å². The highest BCUT2D eigenvalue weighted by Crippen LogP contribution is 2.46. The average Bonchev–Trinajstić information content (AvgIpc) is 3.63. The maximum Gasteiger partial charge on any atom is 0.416 e. The van der Waals surface area contributed by atoms with Gasteiger partial charge in [-0.05, 0) is 62.4 Å². The van der Waals surface area contributed by atoms with Gasteiger partial charge in [-0.1, -0.05) is 36.3 Å². The van der Waals surface area contributed by atoms with E-state index < -0.39 is 41.5 Å². The number of fused-ring (bicyclic) bond motifs is 2. The van der Waals surface area contributed by atoms with E-state index in [1.54, 1.807) is 27.9 Å². The van der Waals surface area contributed by atoms with Gasteiger partial charge in [-0.2, -0.15) is 13.2 Å². The fourth-order valence-electron chi connectivity index (χ4n) is 7.06. The first kappa shape index (κ1) is 31.6. The van der Waals surface area contributed by atoms with Crippen LogP contribution in [0.4, 0.5) is 13.2 Å². The first-order valence-corrected chi connectivity index (χ1v) is 15.6. The van der Waals surface area contributed by atoms with E-state index in [9.17, 15) is 32.7 Å². The number of halogens is 3. The van der Waals surface area contributed by atoms with E-state index in [4.69, 9.17) is 4.74 Å². The quantitative estimate of drug-likeness (QED) is 0.349. The van der Waals surface area contributed by atoms with Gasteiger partial charge in [0.25, 0.3) is 5.91 Å². The number of carbonyl (C=O) groups excluding carboxylic acids is 2. The van der Waals surface area contributed by atoms with Gasteiger partial charge < -0.3 is 19.6 Å². The number of hydrogen-bond donors (Lipinski definition) is 1. The van der Waals surface area contributed by atoms with E-state index in [2.05, 4.69) is 10.3 Å². The van der Waals surface area contributed by atoms with Crippen molar-refractivity contribution in [1.29, 1.82) is 0 Å². The van der Waals surface area contributed by atoms with Gasteiger partial charge in [0, 0.05) is 36.8 Å². The first-order valence-electron chi connectivity index (χ1n) is 15.6. The van der Waals surface area contributed by atoms with Crippen molar-refractivity contribution in [1.82, 2.24) is 24.8 Å². The molecule has 13 heteroatoms. The number of ether oxygens (including phenoxy) is 1. The molecular weight excluding hydrogens is 603 g/mol. The van der Waals surface area contributed by atoms with Gasteiger partial charge in [-0.25, -0.2) is 4.68 Å². The van der Waals surface area contributed by atoms with Crippen LogP contribution in [0.3, 0.4) is 0 Å². The lowest BCUT2D eigenvalue weighted by atomic mass is 9.77. The third kappa shape index (κ3) is 5.94. The van der Waals surface area contributed by atoms with Crippen LogP contribution in [0.1, 0.15) is 89.9 Å². The molecule has 6 rings (SSSR count). The fourth-order valence-corrected chi connectivity index (χ4v) is 7.06. The summed E-state index contributed by atoms with van der Waals surface area (Å²) in [4.78, 5) is 43.0. The molecule has 0 unspecified atom stereocenters. The Balaban J connectivity index is 1.42. The smallest absolute Gasteiger partial charge is 0.416 e. The van der Waals surface area contributed by atoms with Crippen LogP contribution >= 0.6 is 0 Å². The Bertz CT molecular complexity index is 1650. The summed E-state index contributed by atoms with van der Waals surface area (Å²) >= 11 is 0. The van der Waals surface area contributed by atoms with Crippen molar-refractivity contribution in [2.24, 2.45) is 11.8 Å². The van der Waals surface area contributed by atoms with E-state index in [0.29, 0.717) is 36.9 Å². The van der Waals surface area contributed by atoms with Gasteiger partial charge in [0.15, 0.2) is 0 Å². The Morgan fingerprint density at radius 2 is 1.83 bits per heavy atom. The van der Waals surface area contributed by atoms with E-state index in [1.165, 1.54) is 11.0 Å². The Labute approximate surface area is 264 Å². The van der Waals surface area contributed by atoms with Crippen LogP contribution in [-0.2, 0) is 35.3 Å². The molecule has 2 aromatic carbocycles. The number of rotatable bonds is 8. The lowest BCUT2D eigenvalue weighted by Crippen LogP contribution is -2.50. The third-order valence-corrected chi connectivity index (χ3v) is 9.37. The number of nitrogens with zero attached hydrogens (tertiary/aromatic N) is 5. The predicted octanol–water partition coefficient (Wildman–Crippen LogP) is 5.43. The highest BCUT2D eigenvalue weighted by Gasteiger charge is 2.46. The Morgan fingerprint density at radius 1 is 1.09 bits per heavy atom. The number of alkyl halides is 3. The zero-order chi connectivity index (χ0) is 32.7. The van der Waals surface area contributed by atoms with Crippen LogP contribution in [0, 0.1) is 11.8 Å². The molecule has 1 fully saturated rings. The molecule has 1 saturated carbocycles. The maximum absolute atomic E-state index is 14.4. The molecule has 10 nitrogen and oxygen atoms in total. The molecule has 1 aromatic heterocycles. The second-order valence-electron chi connectivity index (χ2n) is 12.5. The van der Waals surface area contributed by atoms with Crippen LogP contribution in [0.5, 0.6) is 5.75 Å². The Hall–Kier alpha value is -4.42. The van der Waals surface area contributed by atoms with Crippen molar-refractivity contribution in [3.8, 4) is 5.75 Å². The molecule has 0 saturated heterocycles. The minimum atomic E-state index is -4.67. The van der Waals surface area contributed by atoms with Crippen LogP contribution in [-0.4, -0.2) is 60.8 Å². The van der Waals surface area contributed by atoms with Crippen LogP contribution in [0.15, 0.2) is 42.6 Å². The monoisotopic (exact) mass is 639 g/mol. The molecule has 1 N–H and O–H groups in total. The highest BCUT2D eigenvalue weighted by atomic mass is 19.4. The van der Waals surface area contributed by atoms with Gasteiger partial charge in [0.05, 0.1) is 29.6 Å². The first-order chi connectivity index (χ1) is 21.9. The van der Waals surface area contributed by atoms with E-state index in [-0.39, 0.29) is 61.5 Å². The van der Waals surface area contributed by atoms with Crippen LogP contribution in [0.25, 0.3) is 0 Å². The summed E-state index contributed by atoms with van der Waals surface area (Å²) < 4.78 is 51.1. The molecule has 244 valence electrons. The number of hydrogen-bond acceptors (Lipinski definition) is 6. The summed E-state index contributed by atoms with van der Waals surface area (Å²) in [6, 6.07) is 8.38. The summed E-state index contributed by atoms with van der Waals surface area (Å²) in [6.07, 6.45) is -0.991. The number of carboxylic acids is 1. The molecule has 3 atom stereocenters. The standard InChI is InChI=1S/C33H36F3N5O5/c1-19(2)41-16-21(37-38-41)18-46-28-12-11-26(33(34,35)36)25-13-14-40(31(43)23-9-5-6-10-24(23)32(44)45)27(29(25)28)17-39-15-20-7-3-4-8-22(20)30(39)42/h3-4,7-8,11-12,16,19,23-24,27H,5-6,9-10,13-15,17-18H2,1-2H3,(H,44,45)/t23-,24+,27-/m1/s1. The SMILES string of the molecule is CC(C)n1cc(COc2ccc(C(F)(F)F)c3c2[C@@H](CN2Cc4ccccc4C2=O)N(C(=O)[C@@H]2CCCC[C@@H]2C(=O)O)CC3)nn1. The predicted molar refractivity (Wildman–Crippen MR) is 159 cm³/mol. The minimum absolute atomic E-state index is 0.00692. The summed E-state index contributed by atoms with van der Waals surface area (Å²) in [5, 5.41) is 18.1. The Morgan fingerprint density at radius 3 is 2.50 bits per heavy atom. The van der Waals surface area contributed by atoms with Gasteiger partial charge in [0.1, 0.15) is 18.1 Å². The number of carbonyl (C=O) groups is 3. The zero-order valence-corrected chi connectivity index (χ0v) is 25.7. The molecule has 0 bridgehead atoms. The molecule has 3 heterocycles. The fraction of sp³-hybridized carbons (Fsp3) is 0.485. The van der Waals surface area contributed by atoms with Gasteiger partial charge in [-0.15, -0.1) is 5.10 Å². The van der Waals surface area contributed by atoms with Crippen molar-refractivity contribution in [3.63, 3.8) is 0 Å². The lowest BCUT2D eigenvalue weighted by Gasteiger charge is -2.43. The molecule has 2 amide bonds. The molecular formula is C33H36F3N5O5. The topological polar surface area (TPSA) is 118 Å². The van der Waals surface area contributed by atoms with Gasteiger partial charge in [-0.3, -0.25) is 14.4 Å². The average molecular weight is 640 g/mol. The van der Waals surface area contributed by atoms with E-state index in [1.807, 2.05) is 26.0 Å². The maximum atomic E-state index is 14.4.